The second-order valence-corrected chi connectivity index (χ2v) is 5.56. The lowest BCUT2D eigenvalue weighted by atomic mass is 9.94. The lowest BCUT2D eigenvalue weighted by Crippen LogP contribution is -2.21. The molecule has 2 bridgehead atoms. The lowest BCUT2D eigenvalue weighted by molar-refractivity contribution is -0.150. The van der Waals surface area contributed by atoms with E-state index in [1.165, 1.54) is 0 Å². The molecule has 4 heteroatoms. The molecule has 1 saturated carbocycles. The normalized spacial score (nSPS) is 26.7. The van der Waals surface area contributed by atoms with E-state index in [1.807, 2.05) is 0 Å². The predicted octanol–water partition coefficient (Wildman–Crippen LogP) is 2.04. The largest absolute Gasteiger partial charge is 0.461 e. The van der Waals surface area contributed by atoms with Crippen LogP contribution in [0.1, 0.15) is 28.8 Å². The van der Waals surface area contributed by atoms with Gasteiger partial charge < -0.3 is 10.5 Å². The topological polar surface area (TPSA) is 69.4 Å². The maximum atomic E-state index is 12.1. The molecule has 3 rings (SSSR count). The standard InChI is InChI=1S/C16H17NO3/c17-15(18)12-4-1-10(2-5-12)9-20-16(19)14-8-11-3-6-13(14)7-11/h1-6,11,13-14H,7-9H2,(H2,17,18). The first kappa shape index (κ1) is 12.9. The molecule has 3 unspecified atom stereocenters. The summed E-state index contributed by atoms with van der Waals surface area (Å²) in [5.41, 5.74) is 6.49. The van der Waals surface area contributed by atoms with Crippen molar-refractivity contribution >= 4 is 11.9 Å². The Labute approximate surface area is 117 Å². The number of hydrogen-bond acceptors (Lipinski definition) is 3. The van der Waals surface area contributed by atoms with Gasteiger partial charge in [-0.25, -0.2) is 0 Å². The number of amides is 1. The summed E-state index contributed by atoms with van der Waals surface area (Å²) in [6.45, 7) is 0.246. The average molecular weight is 271 g/mol. The Kier molecular flexibility index (Phi) is 3.30. The van der Waals surface area contributed by atoms with E-state index in [0.717, 1.165) is 18.4 Å². The van der Waals surface area contributed by atoms with Crippen molar-refractivity contribution in [3.05, 3.63) is 47.5 Å². The molecule has 2 aliphatic carbocycles. The molecular weight excluding hydrogens is 254 g/mol. The zero-order chi connectivity index (χ0) is 14.1. The monoisotopic (exact) mass is 271 g/mol. The Balaban J connectivity index is 1.55. The molecule has 2 N–H and O–H groups in total. The highest BCUT2D eigenvalue weighted by Crippen LogP contribution is 2.43. The van der Waals surface area contributed by atoms with Crippen LogP contribution in [0.25, 0.3) is 0 Å². The minimum atomic E-state index is -0.456. The number of rotatable bonds is 4. The minimum absolute atomic E-state index is 0.0230. The third-order valence-corrected chi connectivity index (χ3v) is 4.20. The van der Waals surface area contributed by atoms with Crippen LogP contribution in [0, 0.1) is 17.8 Å². The molecule has 1 fully saturated rings. The maximum absolute atomic E-state index is 12.1. The van der Waals surface area contributed by atoms with Crippen LogP contribution < -0.4 is 5.73 Å². The number of esters is 1. The summed E-state index contributed by atoms with van der Waals surface area (Å²) in [7, 11) is 0. The van der Waals surface area contributed by atoms with E-state index in [2.05, 4.69) is 12.2 Å². The van der Waals surface area contributed by atoms with Crippen LogP contribution in [-0.2, 0) is 16.1 Å². The zero-order valence-electron chi connectivity index (χ0n) is 11.1. The highest BCUT2D eigenvalue weighted by atomic mass is 16.5. The van der Waals surface area contributed by atoms with E-state index in [9.17, 15) is 9.59 Å². The fraction of sp³-hybridized carbons (Fsp3) is 0.375. The second-order valence-electron chi connectivity index (χ2n) is 5.56. The van der Waals surface area contributed by atoms with Crippen molar-refractivity contribution in [2.75, 3.05) is 0 Å². The summed E-state index contributed by atoms with van der Waals surface area (Å²) in [6.07, 6.45) is 6.35. The van der Waals surface area contributed by atoms with Crippen LogP contribution in [0.4, 0.5) is 0 Å². The van der Waals surface area contributed by atoms with Gasteiger partial charge in [-0.05, 0) is 42.4 Å². The van der Waals surface area contributed by atoms with Gasteiger partial charge in [0.2, 0.25) is 5.91 Å². The molecule has 0 aromatic heterocycles. The minimum Gasteiger partial charge on any atom is -0.461 e. The molecule has 0 aliphatic heterocycles. The third-order valence-electron chi connectivity index (χ3n) is 4.20. The molecule has 2 aliphatic rings. The van der Waals surface area contributed by atoms with E-state index in [0.29, 0.717) is 17.4 Å². The van der Waals surface area contributed by atoms with Gasteiger partial charge in [0.25, 0.3) is 0 Å². The number of benzene rings is 1. The van der Waals surface area contributed by atoms with Crippen molar-refractivity contribution in [3.63, 3.8) is 0 Å². The fourth-order valence-corrected chi connectivity index (χ4v) is 3.08. The molecule has 20 heavy (non-hydrogen) atoms. The molecule has 4 nitrogen and oxygen atoms in total. The van der Waals surface area contributed by atoms with Gasteiger partial charge >= 0.3 is 5.97 Å². The Hall–Kier alpha value is -2.10. The van der Waals surface area contributed by atoms with Crippen LogP contribution in [0.15, 0.2) is 36.4 Å². The van der Waals surface area contributed by atoms with E-state index < -0.39 is 5.91 Å². The van der Waals surface area contributed by atoms with Gasteiger partial charge in [-0.2, -0.15) is 0 Å². The first-order chi connectivity index (χ1) is 9.63. The molecule has 0 spiro atoms. The first-order valence-electron chi connectivity index (χ1n) is 6.87. The summed E-state index contributed by atoms with van der Waals surface area (Å²) in [6, 6.07) is 6.81. The molecule has 104 valence electrons. The van der Waals surface area contributed by atoms with Gasteiger partial charge in [0, 0.05) is 5.56 Å². The van der Waals surface area contributed by atoms with Crippen molar-refractivity contribution in [3.8, 4) is 0 Å². The van der Waals surface area contributed by atoms with Crippen LogP contribution in [-0.4, -0.2) is 11.9 Å². The van der Waals surface area contributed by atoms with Crippen molar-refractivity contribution in [2.45, 2.75) is 19.4 Å². The van der Waals surface area contributed by atoms with Gasteiger partial charge in [0.15, 0.2) is 0 Å². The molecular formula is C16H17NO3. The quantitative estimate of drug-likeness (QED) is 0.673. The fourth-order valence-electron chi connectivity index (χ4n) is 3.08. The first-order valence-corrected chi connectivity index (χ1v) is 6.87. The van der Waals surface area contributed by atoms with Crippen LogP contribution in [0.5, 0.6) is 0 Å². The molecule has 1 amide bonds. The lowest BCUT2D eigenvalue weighted by Gasteiger charge is -2.16. The molecule has 0 heterocycles. The van der Waals surface area contributed by atoms with Crippen molar-refractivity contribution in [2.24, 2.45) is 23.5 Å². The number of carbonyl (C=O) groups excluding carboxylic acids is 2. The Bertz CT molecular complexity index is 562. The number of ether oxygens (including phenoxy) is 1. The number of fused-ring (bicyclic) bond motifs is 2. The average Bonchev–Trinajstić information content (AvgIpc) is 3.08. The number of hydrogen-bond donors (Lipinski definition) is 1. The number of allylic oxidation sites excluding steroid dienone is 2. The number of primary amides is 1. The third kappa shape index (κ3) is 2.46. The summed E-state index contributed by atoms with van der Waals surface area (Å²) in [5, 5.41) is 0. The van der Waals surface area contributed by atoms with E-state index in [-0.39, 0.29) is 18.5 Å². The van der Waals surface area contributed by atoms with E-state index >= 15 is 0 Å². The summed E-state index contributed by atoms with van der Waals surface area (Å²) < 4.78 is 5.38. The van der Waals surface area contributed by atoms with Gasteiger partial charge in [0.05, 0.1) is 5.92 Å². The van der Waals surface area contributed by atoms with Crippen molar-refractivity contribution in [1.82, 2.24) is 0 Å². The molecule has 3 atom stereocenters. The smallest absolute Gasteiger partial charge is 0.309 e. The van der Waals surface area contributed by atoms with Gasteiger partial charge in [0.1, 0.15) is 6.61 Å². The van der Waals surface area contributed by atoms with E-state index in [4.69, 9.17) is 10.5 Å². The number of nitrogens with two attached hydrogens (primary N) is 1. The van der Waals surface area contributed by atoms with Gasteiger partial charge in [-0.3, -0.25) is 9.59 Å². The Morgan fingerprint density at radius 2 is 1.90 bits per heavy atom. The highest BCUT2D eigenvalue weighted by Gasteiger charge is 2.40. The summed E-state index contributed by atoms with van der Waals surface area (Å²) in [5.74, 6) is 0.384. The van der Waals surface area contributed by atoms with Gasteiger partial charge in [-0.1, -0.05) is 24.3 Å². The van der Waals surface area contributed by atoms with Gasteiger partial charge in [-0.15, -0.1) is 0 Å². The highest BCUT2D eigenvalue weighted by molar-refractivity contribution is 5.92. The number of carbonyl (C=O) groups is 2. The Morgan fingerprint density at radius 3 is 2.45 bits per heavy atom. The second kappa shape index (κ2) is 5.12. The van der Waals surface area contributed by atoms with E-state index in [1.54, 1.807) is 24.3 Å². The zero-order valence-corrected chi connectivity index (χ0v) is 11.1. The molecule has 1 aromatic rings. The summed E-state index contributed by atoms with van der Waals surface area (Å²) >= 11 is 0. The van der Waals surface area contributed by atoms with Crippen LogP contribution in [0.2, 0.25) is 0 Å². The van der Waals surface area contributed by atoms with Crippen LogP contribution >= 0.6 is 0 Å². The van der Waals surface area contributed by atoms with Crippen LogP contribution in [0.3, 0.4) is 0 Å². The van der Waals surface area contributed by atoms with Crippen molar-refractivity contribution in [1.29, 1.82) is 0 Å². The molecule has 0 saturated heterocycles. The molecule has 1 aromatic carbocycles. The maximum Gasteiger partial charge on any atom is 0.309 e. The van der Waals surface area contributed by atoms with Crippen molar-refractivity contribution < 1.29 is 14.3 Å². The predicted molar refractivity (Wildman–Crippen MR) is 73.6 cm³/mol. The molecule has 0 radical (unpaired) electrons. The summed E-state index contributed by atoms with van der Waals surface area (Å²) in [4.78, 5) is 23.0. The SMILES string of the molecule is NC(=O)c1ccc(COC(=O)C2CC3C=CC2C3)cc1. The Morgan fingerprint density at radius 1 is 1.15 bits per heavy atom.